The molecule has 0 amide bonds. The second-order valence-electron chi connectivity index (χ2n) is 8.74. The number of fused-ring (bicyclic) bond motifs is 1. The van der Waals surface area contributed by atoms with Crippen LogP contribution < -0.4 is 0 Å². The molecule has 4 heteroatoms. The molecule has 2 aromatic carbocycles. The van der Waals surface area contributed by atoms with Gasteiger partial charge in [0.2, 0.25) is 0 Å². The van der Waals surface area contributed by atoms with E-state index in [2.05, 4.69) is 41.8 Å². The molecule has 32 heavy (non-hydrogen) atoms. The molecule has 1 aliphatic rings. The lowest BCUT2D eigenvalue weighted by atomic mass is 9.78. The van der Waals surface area contributed by atoms with E-state index in [1.807, 2.05) is 42.6 Å². The van der Waals surface area contributed by atoms with Crippen LogP contribution in [0.15, 0.2) is 66.9 Å². The maximum absolute atomic E-state index is 11.5. The Morgan fingerprint density at radius 2 is 1.62 bits per heavy atom. The first-order chi connectivity index (χ1) is 15.6. The van der Waals surface area contributed by atoms with Crippen molar-refractivity contribution >= 4 is 16.8 Å². The van der Waals surface area contributed by atoms with Crippen molar-refractivity contribution in [1.82, 2.24) is 9.55 Å². The Morgan fingerprint density at radius 3 is 2.22 bits per heavy atom. The van der Waals surface area contributed by atoms with E-state index in [9.17, 15) is 10.1 Å². The molecule has 1 saturated carbocycles. The Morgan fingerprint density at radius 1 is 1.00 bits per heavy atom. The molecule has 0 saturated heterocycles. The van der Waals surface area contributed by atoms with Gasteiger partial charge in [-0.05, 0) is 48.9 Å². The number of rotatable bonds is 5. The number of pyridine rings is 1. The largest absolute Gasteiger partial charge is 0.328 e. The van der Waals surface area contributed by atoms with Gasteiger partial charge in [-0.25, -0.2) is 4.98 Å². The minimum Gasteiger partial charge on any atom is -0.328 e. The smallest absolute Gasteiger partial charge is 0.159 e. The molecule has 0 atom stereocenters. The number of hydrogen-bond donors (Lipinski definition) is 0. The fourth-order valence-corrected chi connectivity index (χ4v) is 4.65. The van der Waals surface area contributed by atoms with Crippen LogP contribution in [0.2, 0.25) is 0 Å². The predicted octanol–water partition coefficient (Wildman–Crippen LogP) is 6.81. The van der Waals surface area contributed by atoms with Crippen molar-refractivity contribution in [1.29, 1.82) is 5.26 Å². The number of carbonyl (C=O) groups is 1. The minimum absolute atomic E-state index is 0.0739. The van der Waals surface area contributed by atoms with Gasteiger partial charge in [0.05, 0.1) is 11.3 Å². The number of benzene rings is 2. The van der Waals surface area contributed by atoms with E-state index in [1.54, 1.807) is 6.92 Å². The van der Waals surface area contributed by atoms with Crippen LogP contribution in [-0.4, -0.2) is 15.3 Å². The number of ketones is 1. The SMILES string of the molecule is CC[C@H]1C[C@H](n2cc(C#N)c3ccc(-c4ccc(-c5ccc(C(C)=O)cc5)cc4)nc32)C1. The number of nitrogens with zero attached hydrogens (tertiary/aromatic N) is 3. The lowest BCUT2D eigenvalue weighted by molar-refractivity contribution is 0.101. The zero-order valence-corrected chi connectivity index (χ0v) is 18.4. The van der Waals surface area contributed by atoms with Crippen molar-refractivity contribution in [3.8, 4) is 28.5 Å². The summed E-state index contributed by atoms with van der Waals surface area (Å²) in [7, 11) is 0. The molecule has 0 spiro atoms. The van der Waals surface area contributed by atoms with Gasteiger partial charge in [-0.15, -0.1) is 0 Å². The van der Waals surface area contributed by atoms with Crippen molar-refractivity contribution in [3.05, 3.63) is 78.0 Å². The van der Waals surface area contributed by atoms with Gasteiger partial charge in [-0.1, -0.05) is 61.9 Å². The lowest BCUT2D eigenvalue weighted by Crippen LogP contribution is -2.25. The van der Waals surface area contributed by atoms with Crippen molar-refractivity contribution in [2.75, 3.05) is 0 Å². The maximum Gasteiger partial charge on any atom is 0.159 e. The third kappa shape index (κ3) is 3.50. The van der Waals surface area contributed by atoms with Gasteiger partial charge in [0, 0.05) is 28.8 Å². The van der Waals surface area contributed by atoms with Gasteiger partial charge in [0.1, 0.15) is 11.7 Å². The molecule has 5 rings (SSSR count). The number of hydrogen-bond acceptors (Lipinski definition) is 3. The molecule has 158 valence electrons. The van der Waals surface area contributed by atoms with Gasteiger partial charge in [-0.3, -0.25) is 4.79 Å². The molecule has 1 fully saturated rings. The topological polar surface area (TPSA) is 58.7 Å². The van der Waals surface area contributed by atoms with Crippen molar-refractivity contribution < 1.29 is 4.79 Å². The zero-order valence-electron chi connectivity index (χ0n) is 18.4. The average molecular weight is 420 g/mol. The fourth-order valence-electron chi connectivity index (χ4n) is 4.65. The molecular weight excluding hydrogens is 394 g/mol. The highest BCUT2D eigenvalue weighted by molar-refractivity contribution is 5.94. The number of nitriles is 1. The number of carbonyl (C=O) groups excluding carboxylic acids is 1. The van der Waals surface area contributed by atoms with E-state index >= 15 is 0 Å². The number of Topliss-reactive ketones (excluding diaryl/α,β-unsaturated/α-hetero) is 1. The number of aromatic nitrogens is 2. The van der Waals surface area contributed by atoms with Crippen LogP contribution in [0.25, 0.3) is 33.4 Å². The highest BCUT2D eigenvalue weighted by atomic mass is 16.1. The average Bonchev–Trinajstić information content (AvgIpc) is 3.16. The predicted molar refractivity (Wildman–Crippen MR) is 127 cm³/mol. The van der Waals surface area contributed by atoms with Gasteiger partial charge < -0.3 is 4.57 Å². The first kappa shape index (κ1) is 20.2. The van der Waals surface area contributed by atoms with Crippen LogP contribution in [0, 0.1) is 17.2 Å². The van der Waals surface area contributed by atoms with Crippen LogP contribution in [0.4, 0.5) is 0 Å². The molecule has 4 aromatic rings. The van der Waals surface area contributed by atoms with E-state index in [1.165, 1.54) is 6.42 Å². The molecule has 2 aromatic heterocycles. The zero-order chi connectivity index (χ0) is 22.2. The second kappa shape index (κ2) is 8.09. The summed E-state index contributed by atoms with van der Waals surface area (Å²) in [5, 5.41) is 10.5. The van der Waals surface area contributed by atoms with E-state index in [0.29, 0.717) is 11.6 Å². The summed E-state index contributed by atoms with van der Waals surface area (Å²) in [6, 6.07) is 22.8. The third-order valence-corrected chi connectivity index (χ3v) is 6.79. The standard InChI is InChI=1S/C28H25N3O/c1-3-19-14-25(15-19)31-17-24(16-29)26-12-13-27(30-28(26)31)23-10-8-22(9-11-23)21-6-4-20(5-7-21)18(2)32/h4-13,17,19,25H,3,14-15H2,1-2H3/t19-,25-. The summed E-state index contributed by atoms with van der Waals surface area (Å²) >= 11 is 0. The van der Waals surface area contributed by atoms with Gasteiger partial charge in [0.25, 0.3) is 0 Å². The molecule has 0 aliphatic heterocycles. The molecule has 2 heterocycles. The van der Waals surface area contributed by atoms with Crippen molar-refractivity contribution in [3.63, 3.8) is 0 Å². The van der Waals surface area contributed by atoms with E-state index < -0.39 is 0 Å². The Balaban J connectivity index is 1.47. The van der Waals surface area contributed by atoms with Crippen LogP contribution in [0.3, 0.4) is 0 Å². The van der Waals surface area contributed by atoms with E-state index in [0.717, 1.165) is 57.7 Å². The van der Waals surface area contributed by atoms with Gasteiger partial charge in [-0.2, -0.15) is 5.26 Å². The van der Waals surface area contributed by atoms with Crippen LogP contribution in [0.1, 0.15) is 55.1 Å². The van der Waals surface area contributed by atoms with Crippen molar-refractivity contribution in [2.45, 2.75) is 39.2 Å². The van der Waals surface area contributed by atoms with Gasteiger partial charge in [0.15, 0.2) is 5.78 Å². The highest BCUT2D eigenvalue weighted by Gasteiger charge is 2.30. The monoisotopic (exact) mass is 419 g/mol. The molecule has 0 bridgehead atoms. The van der Waals surface area contributed by atoms with Crippen LogP contribution in [0.5, 0.6) is 0 Å². The van der Waals surface area contributed by atoms with E-state index in [4.69, 9.17) is 4.98 Å². The summed E-state index contributed by atoms with van der Waals surface area (Å²) < 4.78 is 2.22. The fraction of sp³-hybridized carbons (Fsp3) is 0.250. The Kier molecular flexibility index (Phi) is 5.11. The molecular formula is C28H25N3O. The normalized spacial score (nSPS) is 17.7. The summed E-state index contributed by atoms with van der Waals surface area (Å²) in [6.07, 6.45) is 5.51. The van der Waals surface area contributed by atoms with Crippen LogP contribution in [-0.2, 0) is 0 Å². The summed E-state index contributed by atoms with van der Waals surface area (Å²) in [5.74, 6) is 0.855. The molecule has 4 nitrogen and oxygen atoms in total. The minimum atomic E-state index is 0.0739. The molecule has 0 N–H and O–H groups in total. The highest BCUT2D eigenvalue weighted by Crippen LogP contribution is 2.42. The van der Waals surface area contributed by atoms with Crippen LogP contribution >= 0.6 is 0 Å². The molecule has 0 unspecified atom stereocenters. The summed E-state index contributed by atoms with van der Waals surface area (Å²) in [6.45, 7) is 3.82. The van der Waals surface area contributed by atoms with Crippen molar-refractivity contribution in [2.24, 2.45) is 5.92 Å². The first-order valence-electron chi connectivity index (χ1n) is 11.2. The summed E-state index contributed by atoms with van der Waals surface area (Å²) in [5.41, 5.74) is 6.45. The quantitative estimate of drug-likeness (QED) is 0.334. The lowest BCUT2D eigenvalue weighted by Gasteiger charge is -2.36. The maximum atomic E-state index is 11.5. The van der Waals surface area contributed by atoms with Gasteiger partial charge >= 0.3 is 0 Å². The second-order valence-corrected chi connectivity index (χ2v) is 8.74. The first-order valence-corrected chi connectivity index (χ1v) is 11.2. The Labute approximate surface area is 188 Å². The Hall–Kier alpha value is -3.71. The third-order valence-electron chi connectivity index (χ3n) is 6.79. The molecule has 1 aliphatic carbocycles. The van der Waals surface area contributed by atoms with E-state index in [-0.39, 0.29) is 5.78 Å². The Bertz CT molecular complexity index is 1330. The molecule has 0 radical (unpaired) electrons. The summed E-state index contributed by atoms with van der Waals surface area (Å²) in [4.78, 5) is 16.5.